The molecule has 0 radical (unpaired) electrons. The number of halogens is 1. The van der Waals surface area contributed by atoms with Gasteiger partial charge in [0.25, 0.3) is 0 Å². The van der Waals surface area contributed by atoms with Gasteiger partial charge < -0.3 is 0 Å². The van der Waals surface area contributed by atoms with E-state index >= 15 is 0 Å². The maximum atomic E-state index is 3.77. The molecule has 15 heavy (non-hydrogen) atoms. The first-order chi connectivity index (χ1) is 7.27. The quantitative estimate of drug-likeness (QED) is 0.574. The van der Waals surface area contributed by atoms with Gasteiger partial charge in [-0.05, 0) is 34.2 Å². The summed E-state index contributed by atoms with van der Waals surface area (Å²) in [7, 11) is 0. The summed E-state index contributed by atoms with van der Waals surface area (Å²) in [5.74, 6) is 0. The summed E-state index contributed by atoms with van der Waals surface area (Å²) in [6, 6.07) is 8.45. The zero-order valence-electron chi connectivity index (χ0n) is 8.82. The first kappa shape index (κ1) is 12.5. The van der Waals surface area contributed by atoms with E-state index in [2.05, 4.69) is 64.9 Å². The molecular formula is C13H16IN. The van der Waals surface area contributed by atoms with Gasteiger partial charge in [-0.1, -0.05) is 30.4 Å². The number of hydrogen-bond donors (Lipinski definition) is 0. The van der Waals surface area contributed by atoms with Gasteiger partial charge in [-0.3, -0.25) is 4.90 Å². The summed E-state index contributed by atoms with van der Waals surface area (Å²) in [6.07, 6.45) is 3.86. The fourth-order valence-corrected chi connectivity index (χ4v) is 1.99. The predicted molar refractivity (Wildman–Crippen MR) is 74.8 cm³/mol. The highest BCUT2D eigenvalue weighted by molar-refractivity contribution is 14.1. The first-order valence-corrected chi connectivity index (χ1v) is 6.03. The SMILES string of the molecule is C=CCN(CC=C)Cc1ccccc1I. The molecule has 2 heteroatoms. The van der Waals surface area contributed by atoms with Crippen LogP contribution in [0.4, 0.5) is 0 Å². The van der Waals surface area contributed by atoms with Crippen molar-refractivity contribution in [3.8, 4) is 0 Å². The summed E-state index contributed by atoms with van der Waals surface area (Å²) in [4.78, 5) is 2.30. The lowest BCUT2D eigenvalue weighted by atomic mass is 10.2. The van der Waals surface area contributed by atoms with E-state index in [9.17, 15) is 0 Å². The molecule has 0 unspecified atom stereocenters. The Kier molecular flexibility index (Phi) is 5.65. The first-order valence-electron chi connectivity index (χ1n) is 4.95. The van der Waals surface area contributed by atoms with Crippen LogP contribution in [0.25, 0.3) is 0 Å². The van der Waals surface area contributed by atoms with Crippen molar-refractivity contribution in [2.24, 2.45) is 0 Å². The van der Waals surface area contributed by atoms with Crippen molar-refractivity contribution in [2.75, 3.05) is 13.1 Å². The van der Waals surface area contributed by atoms with E-state index in [4.69, 9.17) is 0 Å². The third-order valence-corrected chi connectivity index (χ3v) is 3.18. The van der Waals surface area contributed by atoms with Crippen LogP contribution in [0.1, 0.15) is 5.56 Å². The molecule has 0 spiro atoms. The van der Waals surface area contributed by atoms with Gasteiger partial charge in [-0.25, -0.2) is 0 Å². The molecule has 1 aromatic carbocycles. The van der Waals surface area contributed by atoms with E-state index in [0.29, 0.717) is 0 Å². The van der Waals surface area contributed by atoms with Gasteiger partial charge in [-0.2, -0.15) is 0 Å². The van der Waals surface area contributed by atoms with Crippen molar-refractivity contribution in [3.63, 3.8) is 0 Å². The maximum Gasteiger partial charge on any atom is 0.0250 e. The molecule has 0 saturated carbocycles. The lowest BCUT2D eigenvalue weighted by Crippen LogP contribution is -2.23. The Morgan fingerprint density at radius 1 is 1.13 bits per heavy atom. The molecule has 1 nitrogen and oxygen atoms in total. The fraction of sp³-hybridized carbons (Fsp3) is 0.231. The maximum absolute atomic E-state index is 3.77. The molecule has 0 atom stereocenters. The molecule has 0 amide bonds. The highest BCUT2D eigenvalue weighted by Crippen LogP contribution is 2.13. The van der Waals surface area contributed by atoms with E-state index in [1.54, 1.807) is 0 Å². The Morgan fingerprint density at radius 3 is 2.27 bits per heavy atom. The summed E-state index contributed by atoms with van der Waals surface area (Å²) < 4.78 is 1.31. The largest absolute Gasteiger partial charge is 0.292 e. The second kappa shape index (κ2) is 6.80. The van der Waals surface area contributed by atoms with Gasteiger partial charge >= 0.3 is 0 Å². The Balaban J connectivity index is 2.68. The van der Waals surface area contributed by atoms with Crippen molar-refractivity contribution in [1.29, 1.82) is 0 Å². The van der Waals surface area contributed by atoms with E-state index in [1.165, 1.54) is 9.13 Å². The topological polar surface area (TPSA) is 3.24 Å². The highest BCUT2D eigenvalue weighted by Gasteiger charge is 2.04. The Labute approximate surface area is 106 Å². The molecule has 1 rings (SSSR count). The molecule has 80 valence electrons. The zero-order chi connectivity index (χ0) is 11.1. The van der Waals surface area contributed by atoms with Gasteiger partial charge in [-0.15, -0.1) is 13.2 Å². The van der Waals surface area contributed by atoms with E-state index in [-0.39, 0.29) is 0 Å². The van der Waals surface area contributed by atoms with Crippen LogP contribution in [0.3, 0.4) is 0 Å². The van der Waals surface area contributed by atoms with Gasteiger partial charge in [0.2, 0.25) is 0 Å². The van der Waals surface area contributed by atoms with Crippen LogP contribution in [-0.4, -0.2) is 18.0 Å². The van der Waals surface area contributed by atoms with Crippen molar-refractivity contribution >= 4 is 22.6 Å². The predicted octanol–water partition coefficient (Wildman–Crippen LogP) is 3.47. The average Bonchev–Trinajstić information content (AvgIpc) is 2.22. The number of rotatable bonds is 6. The minimum atomic E-state index is 0.900. The number of benzene rings is 1. The third-order valence-electron chi connectivity index (χ3n) is 2.13. The second-order valence-electron chi connectivity index (χ2n) is 3.36. The standard InChI is InChI=1S/C13H16IN/c1-3-9-15(10-4-2)11-12-7-5-6-8-13(12)14/h3-8H,1-2,9-11H2. The minimum Gasteiger partial charge on any atom is -0.292 e. The van der Waals surface area contributed by atoms with E-state index in [0.717, 1.165) is 19.6 Å². The minimum absolute atomic E-state index is 0.900. The zero-order valence-corrected chi connectivity index (χ0v) is 11.0. The Bertz CT molecular complexity index is 323. The summed E-state index contributed by atoms with van der Waals surface area (Å²) >= 11 is 2.37. The van der Waals surface area contributed by atoms with Crippen LogP contribution < -0.4 is 0 Å². The normalized spacial score (nSPS) is 10.3. The number of hydrogen-bond acceptors (Lipinski definition) is 1. The molecule has 0 saturated heterocycles. The molecule has 0 aliphatic carbocycles. The Hall–Kier alpha value is -0.610. The molecule has 0 N–H and O–H groups in total. The fourth-order valence-electron chi connectivity index (χ4n) is 1.44. The van der Waals surface area contributed by atoms with E-state index in [1.807, 2.05) is 12.2 Å². The van der Waals surface area contributed by atoms with Crippen molar-refractivity contribution in [1.82, 2.24) is 4.90 Å². The second-order valence-corrected chi connectivity index (χ2v) is 4.53. The van der Waals surface area contributed by atoms with Crippen LogP contribution in [0, 0.1) is 3.57 Å². The molecule has 0 aliphatic heterocycles. The smallest absolute Gasteiger partial charge is 0.0250 e. The molecule has 1 aromatic rings. The Morgan fingerprint density at radius 2 is 1.73 bits per heavy atom. The van der Waals surface area contributed by atoms with Crippen molar-refractivity contribution < 1.29 is 0 Å². The van der Waals surface area contributed by atoms with E-state index < -0.39 is 0 Å². The molecule has 0 heterocycles. The molecular weight excluding hydrogens is 297 g/mol. The lowest BCUT2D eigenvalue weighted by molar-refractivity contribution is 0.327. The third kappa shape index (κ3) is 4.18. The van der Waals surface area contributed by atoms with Crippen molar-refractivity contribution in [2.45, 2.75) is 6.54 Å². The van der Waals surface area contributed by atoms with Crippen LogP contribution in [0.5, 0.6) is 0 Å². The molecule has 0 aromatic heterocycles. The van der Waals surface area contributed by atoms with Gasteiger partial charge in [0.1, 0.15) is 0 Å². The van der Waals surface area contributed by atoms with Gasteiger partial charge in [0, 0.05) is 23.2 Å². The molecule has 0 fully saturated rings. The van der Waals surface area contributed by atoms with Crippen LogP contribution in [0.2, 0.25) is 0 Å². The summed E-state index contributed by atoms with van der Waals surface area (Å²) in [5.41, 5.74) is 1.36. The molecule has 0 aliphatic rings. The van der Waals surface area contributed by atoms with Gasteiger partial charge in [0.05, 0.1) is 0 Å². The average molecular weight is 313 g/mol. The highest BCUT2D eigenvalue weighted by atomic mass is 127. The van der Waals surface area contributed by atoms with Crippen molar-refractivity contribution in [3.05, 3.63) is 58.7 Å². The monoisotopic (exact) mass is 313 g/mol. The van der Waals surface area contributed by atoms with Gasteiger partial charge in [0.15, 0.2) is 0 Å². The van der Waals surface area contributed by atoms with Crippen LogP contribution >= 0.6 is 22.6 Å². The summed E-state index contributed by atoms with van der Waals surface area (Å²) in [5, 5.41) is 0. The number of nitrogens with zero attached hydrogens (tertiary/aromatic N) is 1. The van der Waals surface area contributed by atoms with Crippen LogP contribution in [0.15, 0.2) is 49.6 Å². The molecule has 0 bridgehead atoms. The summed E-state index contributed by atoms with van der Waals surface area (Å²) in [6.45, 7) is 10.3. The lowest BCUT2D eigenvalue weighted by Gasteiger charge is -2.19. The van der Waals surface area contributed by atoms with Crippen LogP contribution in [-0.2, 0) is 6.54 Å².